The minimum atomic E-state index is 0.0185. The predicted octanol–water partition coefficient (Wildman–Crippen LogP) is 2.64. The Morgan fingerprint density at radius 2 is 1.82 bits per heavy atom. The zero-order chi connectivity index (χ0) is 19.3. The monoisotopic (exact) mass is 380 g/mol. The number of hydrogen-bond donors (Lipinski definition) is 0. The summed E-state index contributed by atoms with van der Waals surface area (Å²) in [6, 6.07) is 10.6. The van der Waals surface area contributed by atoms with Gasteiger partial charge in [0.1, 0.15) is 5.82 Å². The highest BCUT2D eigenvalue weighted by molar-refractivity contribution is 5.95. The van der Waals surface area contributed by atoms with Crippen molar-refractivity contribution in [2.24, 2.45) is 0 Å². The summed E-state index contributed by atoms with van der Waals surface area (Å²) in [4.78, 5) is 26.3. The van der Waals surface area contributed by atoms with Crippen molar-refractivity contribution in [3.8, 4) is 0 Å². The minimum absolute atomic E-state index is 0.0185. The number of aryl methyl sites for hydroxylation is 1. The van der Waals surface area contributed by atoms with Crippen LogP contribution >= 0.6 is 0 Å². The molecule has 6 heteroatoms. The first-order chi connectivity index (χ1) is 13.7. The van der Waals surface area contributed by atoms with Gasteiger partial charge in [-0.1, -0.05) is 30.3 Å². The Balaban J connectivity index is 1.36. The third-order valence-electron chi connectivity index (χ3n) is 5.73. The van der Waals surface area contributed by atoms with Crippen molar-refractivity contribution in [3.05, 3.63) is 59.2 Å². The van der Waals surface area contributed by atoms with Gasteiger partial charge in [-0.25, -0.2) is 9.97 Å². The highest BCUT2D eigenvalue weighted by Crippen LogP contribution is 2.27. The van der Waals surface area contributed by atoms with Crippen molar-refractivity contribution < 1.29 is 9.53 Å². The number of hydrogen-bond acceptors (Lipinski definition) is 5. The second-order valence-corrected chi connectivity index (χ2v) is 7.67. The lowest BCUT2D eigenvalue weighted by Crippen LogP contribution is -2.41. The number of carbonyl (C=O) groups excluding carboxylic acids is 1. The predicted molar refractivity (Wildman–Crippen MR) is 107 cm³/mol. The molecule has 0 saturated carbocycles. The lowest BCUT2D eigenvalue weighted by Gasteiger charge is -2.31. The molecule has 0 aliphatic carbocycles. The van der Waals surface area contributed by atoms with Crippen LogP contribution in [0.3, 0.4) is 0 Å². The molecule has 6 nitrogen and oxygen atoms in total. The Morgan fingerprint density at radius 1 is 1.11 bits per heavy atom. The summed E-state index contributed by atoms with van der Waals surface area (Å²) < 4.78 is 5.33. The van der Waals surface area contributed by atoms with Crippen LogP contribution in [0.4, 0.5) is 0 Å². The Morgan fingerprint density at radius 3 is 2.50 bits per heavy atom. The molecule has 28 heavy (non-hydrogen) atoms. The summed E-state index contributed by atoms with van der Waals surface area (Å²) in [7, 11) is 0. The van der Waals surface area contributed by atoms with Gasteiger partial charge >= 0.3 is 0 Å². The van der Waals surface area contributed by atoms with Crippen molar-refractivity contribution in [3.63, 3.8) is 0 Å². The number of rotatable bonds is 4. The lowest BCUT2D eigenvalue weighted by atomic mass is 9.95. The van der Waals surface area contributed by atoms with Crippen molar-refractivity contribution >= 4 is 5.91 Å². The molecule has 1 amide bonds. The molecule has 2 aliphatic heterocycles. The van der Waals surface area contributed by atoms with E-state index >= 15 is 0 Å². The lowest BCUT2D eigenvalue weighted by molar-refractivity contribution is 0.0301. The molecular formula is C22H28N4O2. The van der Waals surface area contributed by atoms with E-state index in [1.165, 1.54) is 5.56 Å². The molecule has 0 radical (unpaired) electrons. The summed E-state index contributed by atoms with van der Waals surface area (Å²) >= 11 is 0. The van der Waals surface area contributed by atoms with Gasteiger partial charge in [-0.05, 0) is 38.4 Å². The maximum Gasteiger partial charge on any atom is 0.257 e. The van der Waals surface area contributed by atoms with Gasteiger partial charge < -0.3 is 9.64 Å². The highest BCUT2D eigenvalue weighted by atomic mass is 16.5. The Kier molecular flexibility index (Phi) is 5.98. The smallest absolute Gasteiger partial charge is 0.257 e. The van der Waals surface area contributed by atoms with E-state index in [1.54, 1.807) is 6.20 Å². The molecule has 148 valence electrons. The number of piperidine rings is 1. The Bertz CT molecular complexity index is 797. The van der Waals surface area contributed by atoms with Crippen LogP contribution in [0.2, 0.25) is 0 Å². The van der Waals surface area contributed by atoms with Gasteiger partial charge in [0.25, 0.3) is 5.91 Å². The molecule has 1 aromatic heterocycles. The first-order valence-electron chi connectivity index (χ1n) is 10.2. The molecule has 0 atom stereocenters. The second-order valence-electron chi connectivity index (χ2n) is 7.67. The maximum atomic E-state index is 12.7. The van der Waals surface area contributed by atoms with E-state index in [2.05, 4.69) is 40.2 Å². The zero-order valence-corrected chi connectivity index (χ0v) is 16.5. The Labute approximate surface area is 166 Å². The molecule has 0 N–H and O–H groups in total. The number of aromatic nitrogens is 2. The van der Waals surface area contributed by atoms with Gasteiger partial charge in [0.2, 0.25) is 0 Å². The van der Waals surface area contributed by atoms with Crippen molar-refractivity contribution in [1.29, 1.82) is 0 Å². The van der Waals surface area contributed by atoms with Gasteiger partial charge in [0.05, 0.1) is 24.5 Å². The normalized spacial score (nSPS) is 19.0. The molecule has 2 saturated heterocycles. The van der Waals surface area contributed by atoms with Gasteiger partial charge in [-0.2, -0.15) is 0 Å². The number of carbonyl (C=O) groups is 1. The topological polar surface area (TPSA) is 58.6 Å². The van der Waals surface area contributed by atoms with E-state index < -0.39 is 0 Å². The molecule has 2 aliphatic rings. The van der Waals surface area contributed by atoms with Crippen LogP contribution in [0.1, 0.15) is 46.2 Å². The highest BCUT2D eigenvalue weighted by Gasteiger charge is 2.25. The number of ether oxygens (including phenoxy) is 1. The van der Waals surface area contributed by atoms with Crippen LogP contribution in [-0.4, -0.2) is 65.1 Å². The van der Waals surface area contributed by atoms with Crippen LogP contribution in [0.25, 0.3) is 0 Å². The van der Waals surface area contributed by atoms with E-state index in [-0.39, 0.29) is 5.91 Å². The van der Waals surface area contributed by atoms with E-state index in [4.69, 9.17) is 9.72 Å². The molecule has 3 heterocycles. The molecule has 2 fully saturated rings. The molecule has 0 spiro atoms. The van der Waals surface area contributed by atoms with Gasteiger partial charge in [-0.15, -0.1) is 0 Å². The zero-order valence-electron chi connectivity index (χ0n) is 16.5. The molecule has 0 bridgehead atoms. The summed E-state index contributed by atoms with van der Waals surface area (Å²) in [6.45, 7) is 7.51. The summed E-state index contributed by atoms with van der Waals surface area (Å²) in [5, 5.41) is 0. The van der Waals surface area contributed by atoms with E-state index in [9.17, 15) is 4.79 Å². The van der Waals surface area contributed by atoms with E-state index in [0.717, 1.165) is 44.0 Å². The van der Waals surface area contributed by atoms with Crippen LogP contribution in [0.15, 0.2) is 36.5 Å². The minimum Gasteiger partial charge on any atom is -0.378 e. The molecule has 1 aromatic carbocycles. The standard InChI is InChI=1S/C22H28N4O2/c1-17-20(22(27)26-11-13-28-14-12-26)15-23-21(24-17)19-7-9-25(10-8-19)16-18-5-3-2-4-6-18/h2-6,15,19H,7-14,16H2,1H3. The summed E-state index contributed by atoms with van der Waals surface area (Å²) in [6.07, 6.45) is 3.85. The molecular weight excluding hydrogens is 352 g/mol. The molecule has 2 aromatic rings. The van der Waals surface area contributed by atoms with Gasteiger partial charge in [0.15, 0.2) is 0 Å². The molecule has 0 unspecified atom stereocenters. The average Bonchev–Trinajstić information content (AvgIpc) is 2.75. The van der Waals surface area contributed by atoms with Gasteiger partial charge in [0, 0.05) is 31.7 Å². The summed E-state index contributed by atoms with van der Waals surface area (Å²) in [5.74, 6) is 1.28. The third kappa shape index (κ3) is 4.39. The van der Waals surface area contributed by atoms with Crippen LogP contribution in [0, 0.1) is 6.92 Å². The van der Waals surface area contributed by atoms with Crippen molar-refractivity contribution in [2.45, 2.75) is 32.2 Å². The SMILES string of the molecule is Cc1nc(C2CCN(Cc3ccccc3)CC2)ncc1C(=O)N1CCOCC1. The van der Waals surface area contributed by atoms with Crippen LogP contribution in [-0.2, 0) is 11.3 Å². The third-order valence-corrected chi connectivity index (χ3v) is 5.73. The fourth-order valence-electron chi connectivity index (χ4n) is 4.02. The fraction of sp³-hybridized carbons (Fsp3) is 0.500. The van der Waals surface area contributed by atoms with Crippen molar-refractivity contribution in [2.75, 3.05) is 39.4 Å². The van der Waals surface area contributed by atoms with E-state index in [0.29, 0.717) is 37.8 Å². The average molecular weight is 380 g/mol. The number of amides is 1. The van der Waals surface area contributed by atoms with Gasteiger partial charge in [-0.3, -0.25) is 9.69 Å². The number of morpholine rings is 1. The fourth-order valence-corrected chi connectivity index (χ4v) is 4.02. The maximum absolute atomic E-state index is 12.7. The quantitative estimate of drug-likeness (QED) is 0.816. The number of nitrogens with zero attached hydrogens (tertiary/aromatic N) is 4. The number of benzene rings is 1. The first kappa shape index (κ1) is 19.0. The van der Waals surface area contributed by atoms with Crippen LogP contribution in [0.5, 0.6) is 0 Å². The molecule has 4 rings (SSSR count). The first-order valence-corrected chi connectivity index (χ1v) is 10.2. The van der Waals surface area contributed by atoms with Crippen LogP contribution < -0.4 is 0 Å². The number of likely N-dealkylation sites (tertiary alicyclic amines) is 1. The Hall–Kier alpha value is -2.31. The van der Waals surface area contributed by atoms with E-state index in [1.807, 2.05) is 11.8 Å². The largest absolute Gasteiger partial charge is 0.378 e. The second kappa shape index (κ2) is 8.80. The summed E-state index contributed by atoms with van der Waals surface area (Å²) in [5.41, 5.74) is 2.76. The van der Waals surface area contributed by atoms with Crippen molar-refractivity contribution in [1.82, 2.24) is 19.8 Å².